The summed E-state index contributed by atoms with van der Waals surface area (Å²) in [6, 6.07) is 10.8. The topological polar surface area (TPSA) is 96.5 Å². The molecule has 2 heterocycles. The number of carbonyl (C=O) groups excluding carboxylic acids is 1. The highest BCUT2D eigenvalue weighted by molar-refractivity contribution is 5.97. The van der Waals surface area contributed by atoms with Gasteiger partial charge in [0.1, 0.15) is 5.75 Å². The number of aromatic amines is 1. The zero-order chi connectivity index (χ0) is 27.4. The van der Waals surface area contributed by atoms with Gasteiger partial charge in [-0.15, -0.1) is 6.58 Å². The summed E-state index contributed by atoms with van der Waals surface area (Å²) in [7, 11) is 5.34. The number of hydrogen-bond donors (Lipinski definition) is 2. The van der Waals surface area contributed by atoms with Gasteiger partial charge >= 0.3 is 0 Å². The van der Waals surface area contributed by atoms with Crippen molar-refractivity contribution in [1.29, 1.82) is 0 Å². The predicted octanol–water partition coefficient (Wildman–Crippen LogP) is 4.38. The summed E-state index contributed by atoms with van der Waals surface area (Å²) in [4.78, 5) is 35.1. The van der Waals surface area contributed by atoms with Gasteiger partial charge < -0.3 is 14.4 Å². The van der Waals surface area contributed by atoms with Crippen LogP contribution < -0.4 is 25.2 Å². The highest BCUT2D eigenvalue weighted by Gasteiger charge is 2.70. The number of anilines is 2. The molecule has 0 spiro atoms. The lowest BCUT2D eigenvalue weighted by Crippen LogP contribution is -2.47. The third-order valence-corrected chi connectivity index (χ3v) is 7.71. The Balaban J connectivity index is 1.88. The monoisotopic (exact) mass is 516 g/mol. The molecule has 0 radical (unpaired) electrons. The second kappa shape index (κ2) is 8.86. The van der Waals surface area contributed by atoms with Gasteiger partial charge in [0.05, 0.1) is 18.2 Å². The molecule has 2 aromatic carbocycles. The third-order valence-electron chi connectivity index (χ3n) is 7.71. The third kappa shape index (κ3) is 3.31. The van der Waals surface area contributed by atoms with Gasteiger partial charge in [0.15, 0.2) is 17.2 Å². The Bertz CT molecular complexity index is 1530. The van der Waals surface area contributed by atoms with Crippen LogP contribution in [0.1, 0.15) is 41.6 Å². The summed E-state index contributed by atoms with van der Waals surface area (Å²) >= 11 is 0. The first-order valence-corrected chi connectivity index (χ1v) is 12.2. The Morgan fingerprint density at radius 2 is 2.00 bits per heavy atom. The molecule has 0 saturated carbocycles. The summed E-state index contributed by atoms with van der Waals surface area (Å²) < 4.78 is 27.6. The number of hydrogen-bond acceptors (Lipinski definition) is 6. The molecule has 2 aliphatic rings. The lowest BCUT2D eigenvalue weighted by molar-refractivity contribution is -0.111. The van der Waals surface area contributed by atoms with Crippen LogP contribution in [0.3, 0.4) is 0 Å². The minimum Gasteiger partial charge on any atom is -0.497 e. The molecular formula is C29H29FN4O4. The number of H-pyrrole nitrogens is 1. The fraction of sp³-hybridized carbons (Fsp3) is 0.276. The maximum Gasteiger partial charge on any atom is 0.256 e. The van der Waals surface area contributed by atoms with Crippen LogP contribution in [0.4, 0.5) is 16.0 Å². The minimum atomic E-state index is -1.25. The standard InChI is InChI=1S/C29H29FN4O4/c1-7-9-19-23-25(32-27(33-26(23)36)31-22(35)8-2)28(3)20-14-18(37-6)15-21(30)24(20)38-29(19,28)16-10-12-17(13-11-16)34(4)5/h7-8,10-15,19H,1-2,9H2,3-6H3,(H2,31,32,33,35,36)/t19-,28-,29+/m1/s1. The van der Waals surface area contributed by atoms with E-state index in [0.29, 0.717) is 29.0 Å². The summed E-state index contributed by atoms with van der Waals surface area (Å²) in [5, 5.41) is 2.55. The van der Waals surface area contributed by atoms with Crippen molar-refractivity contribution in [2.75, 3.05) is 31.4 Å². The first-order valence-electron chi connectivity index (χ1n) is 12.2. The number of rotatable bonds is 7. The van der Waals surface area contributed by atoms with Crippen molar-refractivity contribution in [2.45, 2.75) is 30.3 Å². The first-order chi connectivity index (χ1) is 18.1. The van der Waals surface area contributed by atoms with Crippen LogP contribution in [0.5, 0.6) is 11.5 Å². The number of ether oxygens (including phenoxy) is 2. The number of allylic oxidation sites excluding steroid dienone is 1. The summed E-state index contributed by atoms with van der Waals surface area (Å²) in [5.41, 5.74) is 0.197. The molecule has 0 saturated heterocycles. The quantitative estimate of drug-likeness (QED) is 0.358. The molecular weight excluding hydrogens is 487 g/mol. The molecule has 3 atom stereocenters. The molecule has 1 amide bonds. The van der Waals surface area contributed by atoms with Crippen molar-refractivity contribution in [3.63, 3.8) is 0 Å². The summed E-state index contributed by atoms with van der Waals surface area (Å²) in [5.74, 6) is -1.33. The highest BCUT2D eigenvalue weighted by Crippen LogP contribution is 2.68. The zero-order valence-corrected chi connectivity index (χ0v) is 21.7. The van der Waals surface area contributed by atoms with E-state index in [2.05, 4.69) is 23.5 Å². The Hall–Kier alpha value is -4.40. The maximum absolute atomic E-state index is 15.5. The van der Waals surface area contributed by atoms with Crippen molar-refractivity contribution in [3.8, 4) is 11.5 Å². The number of aromatic nitrogens is 2. The molecule has 5 rings (SSSR count). The number of fused-ring (bicyclic) bond motifs is 5. The molecule has 0 fully saturated rings. The number of nitrogens with zero attached hydrogens (tertiary/aromatic N) is 2. The molecule has 2 N–H and O–H groups in total. The average Bonchev–Trinajstić information content (AvgIpc) is 3.29. The van der Waals surface area contributed by atoms with E-state index in [4.69, 9.17) is 14.5 Å². The average molecular weight is 517 g/mol. The van der Waals surface area contributed by atoms with Crippen molar-refractivity contribution < 1.29 is 18.7 Å². The number of methoxy groups -OCH3 is 1. The van der Waals surface area contributed by atoms with E-state index in [1.807, 2.05) is 50.2 Å². The van der Waals surface area contributed by atoms with Gasteiger partial charge in [-0.3, -0.25) is 19.9 Å². The second-order valence-corrected chi connectivity index (χ2v) is 9.84. The van der Waals surface area contributed by atoms with Gasteiger partial charge in [-0.2, -0.15) is 0 Å². The number of amides is 1. The molecule has 9 heteroatoms. The number of nitrogens with one attached hydrogen (secondary N) is 2. The van der Waals surface area contributed by atoms with Crippen LogP contribution in [-0.4, -0.2) is 37.1 Å². The Kier molecular flexibility index (Phi) is 5.89. The SMILES string of the molecule is C=CC[C@@H]1c2c(nc(NC(=O)C=C)[nH]c2=O)[C@@]2(C)c3cc(OC)cc(F)c3O[C@@]12c1ccc(N(C)C)cc1. The van der Waals surface area contributed by atoms with Crippen molar-refractivity contribution in [2.24, 2.45) is 0 Å². The fourth-order valence-corrected chi connectivity index (χ4v) is 5.97. The van der Waals surface area contributed by atoms with Crippen LogP contribution in [0, 0.1) is 5.82 Å². The minimum absolute atomic E-state index is 0.0344. The molecule has 1 aliphatic heterocycles. The van der Waals surface area contributed by atoms with Crippen LogP contribution in [0.25, 0.3) is 0 Å². The Morgan fingerprint density at radius 1 is 1.29 bits per heavy atom. The van der Waals surface area contributed by atoms with Crippen LogP contribution in [0.2, 0.25) is 0 Å². The van der Waals surface area contributed by atoms with Crippen LogP contribution in [0.15, 0.2) is 66.5 Å². The largest absolute Gasteiger partial charge is 0.497 e. The van der Waals surface area contributed by atoms with E-state index >= 15 is 4.39 Å². The lowest BCUT2D eigenvalue weighted by atomic mass is 9.65. The van der Waals surface area contributed by atoms with E-state index in [0.717, 1.165) is 17.3 Å². The van der Waals surface area contributed by atoms with Gasteiger partial charge in [0, 0.05) is 42.9 Å². The van der Waals surface area contributed by atoms with E-state index in [9.17, 15) is 9.59 Å². The first kappa shape index (κ1) is 25.3. The van der Waals surface area contributed by atoms with E-state index in [-0.39, 0.29) is 11.7 Å². The molecule has 38 heavy (non-hydrogen) atoms. The van der Waals surface area contributed by atoms with E-state index in [1.165, 1.54) is 13.2 Å². The second-order valence-electron chi connectivity index (χ2n) is 9.84. The molecule has 8 nitrogen and oxygen atoms in total. The summed E-state index contributed by atoms with van der Waals surface area (Å²) in [6.45, 7) is 9.29. The molecule has 1 aliphatic carbocycles. The maximum atomic E-state index is 15.5. The highest BCUT2D eigenvalue weighted by atomic mass is 19.1. The van der Waals surface area contributed by atoms with Gasteiger partial charge in [-0.1, -0.05) is 24.8 Å². The number of benzene rings is 2. The van der Waals surface area contributed by atoms with Crippen molar-refractivity contribution in [3.05, 3.63) is 100 Å². The molecule has 3 aromatic rings. The Morgan fingerprint density at radius 3 is 2.61 bits per heavy atom. The normalized spacial score (nSPS) is 22.5. The predicted molar refractivity (Wildman–Crippen MR) is 144 cm³/mol. The lowest BCUT2D eigenvalue weighted by Gasteiger charge is -2.41. The molecule has 1 aromatic heterocycles. The van der Waals surface area contributed by atoms with Crippen LogP contribution in [-0.2, 0) is 15.8 Å². The van der Waals surface area contributed by atoms with E-state index < -0.39 is 34.2 Å². The van der Waals surface area contributed by atoms with E-state index in [1.54, 1.807) is 12.1 Å². The summed E-state index contributed by atoms with van der Waals surface area (Å²) in [6.07, 6.45) is 3.15. The number of carbonyl (C=O) groups is 1. The van der Waals surface area contributed by atoms with Gasteiger partial charge in [-0.25, -0.2) is 9.37 Å². The number of halogens is 1. The smallest absolute Gasteiger partial charge is 0.256 e. The van der Waals surface area contributed by atoms with Crippen LogP contribution >= 0.6 is 0 Å². The molecule has 0 unspecified atom stereocenters. The zero-order valence-electron chi connectivity index (χ0n) is 21.7. The molecule has 196 valence electrons. The molecule has 0 bridgehead atoms. The van der Waals surface area contributed by atoms with Gasteiger partial charge in [0.2, 0.25) is 11.9 Å². The van der Waals surface area contributed by atoms with Crippen molar-refractivity contribution in [1.82, 2.24) is 9.97 Å². The van der Waals surface area contributed by atoms with Crippen molar-refractivity contribution >= 4 is 17.5 Å². The van der Waals surface area contributed by atoms with Gasteiger partial charge in [-0.05, 0) is 43.2 Å². The fourth-order valence-electron chi connectivity index (χ4n) is 5.97. The Labute approximate surface area is 219 Å². The van der Waals surface area contributed by atoms with Gasteiger partial charge in [0.25, 0.3) is 5.56 Å².